The molecule has 4 atom stereocenters. The van der Waals surface area contributed by atoms with Gasteiger partial charge in [0.05, 0.1) is 13.0 Å². The number of methoxy groups -OCH3 is 1. The summed E-state index contributed by atoms with van der Waals surface area (Å²) in [7, 11) is 1.29. The predicted octanol–water partition coefficient (Wildman–Crippen LogP) is 4.63. The number of hydrogen-bond acceptors (Lipinski definition) is 9. The number of rotatable bonds is 16. The molecule has 0 aliphatic carbocycles. The molecule has 0 aliphatic rings. The van der Waals surface area contributed by atoms with Crippen LogP contribution >= 0.6 is 0 Å². The zero-order chi connectivity index (χ0) is 28.8. The fourth-order valence-electron chi connectivity index (χ4n) is 3.33. The molecule has 0 radical (unpaired) electrons. The quantitative estimate of drug-likeness (QED) is 0.239. The van der Waals surface area contributed by atoms with Crippen LogP contribution in [0.2, 0.25) is 0 Å². The number of nitrogens with one attached hydrogen (secondary N) is 1. The molecule has 9 nitrogen and oxygen atoms in total. The summed E-state index contributed by atoms with van der Waals surface area (Å²) in [5.74, 6) is -1.35. The average Bonchev–Trinajstić information content (AvgIpc) is 2.86. The first-order valence-corrected chi connectivity index (χ1v) is 13.5. The zero-order valence-electron chi connectivity index (χ0n) is 24.1. The lowest BCUT2D eigenvalue weighted by atomic mass is 10.0. The summed E-state index contributed by atoms with van der Waals surface area (Å²) in [5.41, 5.74) is 0.660. The minimum Gasteiger partial charge on any atom is -0.468 e. The molecule has 9 heteroatoms. The molecule has 3 unspecified atom stereocenters. The highest BCUT2D eigenvalue weighted by atomic mass is 16.6. The number of carbonyl (C=O) groups excluding carboxylic acids is 4. The highest BCUT2D eigenvalue weighted by molar-refractivity contribution is 5.77. The molecule has 38 heavy (non-hydrogen) atoms. The average molecular weight is 536 g/mol. The van der Waals surface area contributed by atoms with Gasteiger partial charge in [-0.3, -0.25) is 19.2 Å². The third-order valence-corrected chi connectivity index (χ3v) is 6.25. The largest absolute Gasteiger partial charge is 0.468 e. The Morgan fingerprint density at radius 3 is 1.87 bits per heavy atom. The van der Waals surface area contributed by atoms with E-state index in [1.165, 1.54) is 7.11 Å². The molecule has 0 fully saturated rings. The van der Waals surface area contributed by atoms with Gasteiger partial charge in [0.1, 0.15) is 12.1 Å². The number of benzene rings is 1. The maximum absolute atomic E-state index is 12.6. The van der Waals surface area contributed by atoms with Gasteiger partial charge in [0.25, 0.3) is 0 Å². The maximum Gasteiger partial charge on any atom is 0.323 e. The van der Waals surface area contributed by atoms with Gasteiger partial charge in [-0.2, -0.15) is 0 Å². The molecule has 1 N–H and O–H groups in total. The highest BCUT2D eigenvalue weighted by Crippen LogP contribution is 2.31. The van der Waals surface area contributed by atoms with Gasteiger partial charge < -0.3 is 24.3 Å². The highest BCUT2D eigenvalue weighted by Gasteiger charge is 2.23. The van der Waals surface area contributed by atoms with Crippen LogP contribution in [-0.2, 0) is 35.1 Å². The summed E-state index contributed by atoms with van der Waals surface area (Å²) in [6.07, 6.45) is 1.87. The van der Waals surface area contributed by atoms with Crippen LogP contribution in [0.25, 0.3) is 0 Å². The number of carbonyl (C=O) groups is 4. The Balaban J connectivity index is 3.11. The second-order valence-electron chi connectivity index (χ2n) is 10.3. The van der Waals surface area contributed by atoms with Crippen molar-refractivity contribution in [3.63, 3.8) is 0 Å². The Morgan fingerprint density at radius 2 is 1.37 bits per heavy atom. The van der Waals surface area contributed by atoms with Gasteiger partial charge in [-0.25, -0.2) is 0 Å². The van der Waals surface area contributed by atoms with E-state index >= 15 is 0 Å². The van der Waals surface area contributed by atoms with Crippen molar-refractivity contribution in [3.05, 3.63) is 23.8 Å². The number of hydrogen-bond donors (Lipinski definition) is 1. The van der Waals surface area contributed by atoms with Gasteiger partial charge in [-0.1, -0.05) is 60.5 Å². The van der Waals surface area contributed by atoms with Crippen LogP contribution in [0, 0.1) is 17.8 Å². The van der Waals surface area contributed by atoms with Crippen LogP contribution in [0.15, 0.2) is 18.2 Å². The Bertz CT molecular complexity index is 929. The lowest BCUT2D eigenvalue weighted by Gasteiger charge is -2.21. The second-order valence-corrected chi connectivity index (χ2v) is 10.3. The van der Waals surface area contributed by atoms with Crippen molar-refractivity contribution in [2.24, 2.45) is 17.8 Å². The van der Waals surface area contributed by atoms with E-state index < -0.39 is 30.1 Å². The molecule has 0 aliphatic heterocycles. The summed E-state index contributed by atoms with van der Waals surface area (Å²) in [4.78, 5) is 49.3. The predicted molar refractivity (Wildman–Crippen MR) is 144 cm³/mol. The summed E-state index contributed by atoms with van der Waals surface area (Å²) in [5, 5.41) is 3.09. The van der Waals surface area contributed by atoms with E-state index in [2.05, 4.69) is 5.32 Å². The molecule has 0 saturated heterocycles. The van der Waals surface area contributed by atoms with E-state index in [1.807, 2.05) is 27.7 Å². The second kappa shape index (κ2) is 16.8. The first-order chi connectivity index (χ1) is 17.9. The first kappa shape index (κ1) is 33.1. The van der Waals surface area contributed by atoms with Crippen molar-refractivity contribution in [2.45, 2.75) is 92.7 Å². The third-order valence-electron chi connectivity index (χ3n) is 6.25. The van der Waals surface area contributed by atoms with Gasteiger partial charge in [0.15, 0.2) is 11.5 Å². The molecule has 0 amide bonds. The molecule has 0 bridgehead atoms. The number of ether oxygens (including phenoxy) is 4. The molecule has 0 aromatic heterocycles. The van der Waals surface area contributed by atoms with Crippen molar-refractivity contribution in [3.8, 4) is 11.5 Å². The fourth-order valence-corrected chi connectivity index (χ4v) is 3.33. The minimum atomic E-state index is -0.748. The van der Waals surface area contributed by atoms with E-state index in [1.54, 1.807) is 39.0 Å². The lowest BCUT2D eigenvalue weighted by molar-refractivity contribution is -0.152. The van der Waals surface area contributed by atoms with Gasteiger partial charge >= 0.3 is 23.9 Å². The van der Waals surface area contributed by atoms with E-state index in [9.17, 15) is 19.2 Å². The maximum atomic E-state index is 12.6. The molecule has 1 rings (SSSR count). The van der Waals surface area contributed by atoms with E-state index in [0.29, 0.717) is 5.56 Å². The SMILES string of the molecule is CCC(C)CC(=O)Oc1ccc(C[C@H](NCC(C)OC(=O)C(C)C)C(=O)OC)cc1OC(=O)CC(C)CC. The summed E-state index contributed by atoms with van der Waals surface area (Å²) in [6.45, 7) is 13.4. The molecular formula is C29H45NO8. The Morgan fingerprint density at radius 1 is 0.816 bits per heavy atom. The summed E-state index contributed by atoms with van der Waals surface area (Å²) in [6, 6.07) is 4.12. The van der Waals surface area contributed by atoms with Crippen LogP contribution < -0.4 is 14.8 Å². The Kier molecular flexibility index (Phi) is 14.6. The fraction of sp³-hybridized carbons (Fsp3) is 0.655. The molecule has 1 aromatic carbocycles. The van der Waals surface area contributed by atoms with E-state index in [4.69, 9.17) is 18.9 Å². The van der Waals surface area contributed by atoms with E-state index in [-0.39, 0.29) is 61.0 Å². The van der Waals surface area contributed by atoms with Crippen molar-refractivity contribution < 1.29 is 38.1 Å². The topological polar surface area (TPSA) is 117 Å². The molecular weight excluding hydrogens is 490 g/mol. The van der Waals surface area contributed by atoms with Crippen LogP contribution in [0.4, 0.5) is 0 Å². The van der Waals surface area contributed by atoms with Crippen LogP contribution in [-0.4, -0.2) is 49.7 Å². The molecule has 1 aromatic rings. The van der Waals surface area contributed by atoms with Gasteiger partial charge in [0, 0.05) is 19.4 Å². The molecule has 0 saturated carbocycles. The monoisotopic (exact) mass is 535 g/mol. The Labute approximate surface area is 226 Å². The van der Waals surface area contributed by atoms with Crippen LogP contribution in [0.3, 0.4) is 0 Å². The van der Waals surface area contributed by atoms with Crippen LogP contribution in [0.1, 0.15) is 79.7 Å². The van der Waals surface area contributed by atoms with Gasteiger partial charge in [0.2, 0.25) is 0 Å². The minimum absolute atomic E-state index is 0.121. The molecule has 0 heterocycles. The lowest BCUT2D eigenvalue weighted by Crippen LogP contribution is -2.43. The van der Waals surface area contributed by atoms with Gasteiger partial charge in [-0.05, 0) is 42.9 Å². The molecule has 0 spiro atoms. The van der Waals surface area contributed by atoms with Crippen molar-refractivity contribution in [1.82, 2.24) is 5.32 Å². The van der Waals surface area contributed by atoms with Crippen molar-refractivity contribution >= 4 is 23.9 Å². The number of esters is 4. The molecule has 214 valence electrons. The first-order valence-electron chi connectivity index (χ1n) is 13.5. The normalized spacial score (nSPS) is 14.2. The van der Waals surface area contributed by atoms with Gasteiger partial charge in [-0.15, -0.1) is 0 Å². The van der Waals surface area contributed by atoms with Crippen molar-refractivity contribution in [2.75, 3.05) is 13.7 Å². The Hall–Kier alpha value is -2.94. The standard InChI is InChI=1S/C29H45NO8/c1-9-19(5)13-26(31)37-24-12-11-22(16-25(24)38-27(32)14-20(6)10-2)15-23(29(34)35-8)30-17-21(7)36-28(33)18(3)4/h11-12,16,18-21,23,30H,9-10,13-15,17H2,1-8H3/t19?,20?,21?,23-/m0/s1. The van der Waals surface area contributed by atoms with Crippen molar-refractivity contribution in [1.29, 1.82) is 0 Å². The summed E-state index contributed by atoms with van der Waals surface area (Å²) >= 11 is 0. The van der Waals surface area contributed by atoms with Crippen LogP contribution in [0.5, 0.6) is 11.5 Å². The third kappa shape index (κ3) is 12.1. The van der Waals surface area contributed by atoms with E-state index in [0.717, 1.165) is 12.8 Å². The summed E-state index contributed by atoms with van der Waals surface area (Å²) < 4.78 is 21.5. The smallest absolute Gasteiger partial charge is 0.323 e. The zero-order valence-corrected chi connectivity index (χ0v) is 24.1.